The minimum absolute atomic E-state index is 0.270. The molecule has 0 bridgehead atoms. The first kappa shape index (κ1) is 12.8. The third-order valence-corrected chi connectivity index (χ3v) is 4.26. The number of pyridine rings is 1. The number of nitrogens with zero attached hydrogens (tertiary/aromatic N) is 1. The second kappa shape index (κ2) is 4.34. The second-order valence-corrected chi connectivity index (χ2v) is 5.99. The molecular weight excluding hydrogens is 366 g/mol. The van der Waals surface area contributed by atoms with Crippen molar-refractivity contribution in [3.63, 3.8) is 0 Å². The molecule has 4 nitrogen and oxygen atoms in total. The molecular formula is C6H3ClF2INO3S. The lowest BCUT2D eigenvalue weighted by Gasteiger charge is -2.07. The van der Waals surface area contributed by atoms with Crippen molar-refractivity contribution in [3.05, 3.63) is 15.5 Å². The van der Waals surface area contributed by atoms with Gasteiger partial charge in [-0.25, -0.2) is 22.2 Å². The van der Waals surface area contributed by atoms with E-state index in [-0.39, 0.29) is 3.57 Å². The third-order valence-electron chi connectivity index (χ3n) is 1.43. The summed E-state index contributed by atoms with van der Waals surface area (Å²) in [4.78, 5) is 2.29. The normalized spacial score (nSPS) is 12.1. The van der Waals surface area contributed by atoms with E-state index in [0.717, 1.165) is 6.20 Å². The highest BCUT2D eigenvalue weighted by molar-refractivity contribution is 14.1. The van der Waals surface area contributed by atoms with Gasteiger partial charge in [0.2, 0.25) is 0 Å². The van der Waals surface area contributed by atoms with Gasteiger partial charge in [0.05, 0.1) is 9.77 Å². The molecule has 0 amide bonds. The summed E-state index contributed by atoms with van der Waals surface area (Å²) >= 11 is 1.40. The Morgan fingerprint density at radius 3 is 2.47 bits per heavy atom. The minimum atomic E-state index is -4.37. The fourth-order valence-electron chi connectivity index (χ4n) is 0.862. The molecule has 15 heavy (non-hydrogen) atoms. The zero-order valence-electron chi connectivity index (χ0n) is 6.79. The predicted molar refractivity (Wildman–Crippen MR) is 56.6 cm³/mol. The van der Waals surface area contributed by atoms with E-state index < -0.39 is 31.8 Å². The molecule has 0 spiro atoms. The Kier molecular flexibility index (Phi) is 3.71. The number of hydrogen-bond acceptors (Lipinski definition) is 4. The Bertz CT molecular complexity index is 493. The average molecular weight is 370 g/mol. The minimum Gasteiger partial charge on any atom is -0.505 e. The van der Waals surface area contributed by atoms with E-state index >= 15 is 0 Å². The molecule has 0 saturated heterocycles. The summed E-state index contributed by atoms with van der Waals surface area (Å²) in [6.07, 6.45) is -2.34. The van der Waals surface area contributed by atoms with Crippen LogP contribution in [-0.2, 0) is 9.05 Å². The molecule has 0 atom stereocenters. The predicted octanol–water partition coefficient (Wildman–Crippen LogP) is 2.26. The summed E-state index contributed by atoms with van der Waals surface area (Å²) < 4.78 is 46.5. The van der Waals surface area contributed by atoms with Gasteiger partial charge in [-0.2, -0.15) is 0 Å². The number of halogens is 4. The van der Waals surface area contributed by atoms with Crippen molar-refractivity contribution < 1.29 is 22.3 Å². The van der Waals surface area contributed by atoms with Crippen LogP contribution in [0.2, 0.25) is 0 Å². The molecule has 0 aliphatic heterocycles. The first-order valence-electron chi connectivity index (χ1n) is 3.35. The third kappa shape index (κ3) is 2.67. The highest BCUT2D eigenvalue weighted by Gasteiger charge is 2.28. The van der Waals surface area contributed by atoms with Gasteiger partial charge in [0.1, 0.15) is 16.3 Å². The second-order valence-electron chi connectivity index (χ2n) is 2.41. The van der Waals surface area contributed by atoms with Crippen LogP contribution in [0.5, 0.6) is 5.75 Å². The molecule has 9 heteroatoms. The number of rotatable bonds is 2. The van der Waals surface area contributed by atoms with Crippen molar-refractivity contribution in [1.29, 1.82) is 0 Å². The average Bonchev–Trinajstić information content (AvgIpc) is 2.06. The van der Waals surface area contributed by atoms with Crippen molar-refractivity contribution in [1.82, 2.24) is 4.98 Å². The van der Waals surface area contributed by atoms with Gasteiger partial charge in [-0.15, -0.1) is 0 Å². The molecule has 0 unspecified atom stereocenters. The highest BCUT2D eigenvalue weighted by atomic mass is 127. The van der Waals surface area contributed by atoms with E-state index in [0.29, 0.717) is 0 Å². The Morgan fingerprint density at radius 2 is 2.07 bits per heavy atom. The van der Waals surface area contributed by atoms with Crippen LogP contribution in [0.1, 0.15) is 12.1 Å². The maximum atomic E-state index is 12.4. The number of aromatic nitrogens is 1. The molecule has 1 aromatic heterocycles. The van der Waals surface area contributed by atoms with Gasteiger partial charge >= 0.3 is 0 Å². The Morgan fingerprint density at radius 1 is 1.53 bits per heavy atom. The van der Waals surface area contributed by atoms with Crippen molar-refractivity contribution in [2.24, 2.45) is 0 Å². The lowest BCUT2D eigenvalue weighted by Crippen LogP contribution is -2.04. The first-order valence-corrected chi connectivity index (χ1v) is 6.74. The summed E-state index contributed by atoms with van der Waals surface area (Å²) in [6, 6.07) is 0. The molecule has 0 aliphatic rings. The molecule has 0 radical (unpaired) electrons. The van der Waals surface area contributed by atoms with Crippen molar-refractivity contribution in [2.45, 2.75) is 11.3 Å². The summed E-state index contributed by atoms with van der Waals surface area (Å²) in [5, 5.41) is 9.13. The summed E-state index contributed by atoms with van der Waals surface area (Å²) in [5.41, 5.74) is -0.966. The molecule has 1 rings (SSSR count). The smallest absolute Gasteiger partial charge is 0.281 e. The Labute approximate surface area is 102 Å². The van der Waals surface area contributed by atoms with Gasteiger partial charge in [-0.1, -0.05) is 0 Å². The van der Waals surface area contributed by atoms with Crippen LogP contribution in [0.15, 0.2) is 11.1 Å². The quantitative estimate of drug-likeness (QED) is 0.641. The summed E-state index contributed by atoms with van der Waals surface area (Å²) in [5.74, 6) is -0.515. The lowest BCUT2D eigenvalue weighted by molar-refractivity contribution is 0.142. The molecule has 0 aliphatic carbocycles. The molecule has 1 aromatic rings. The van der Waals surface area contributed by atoms with Gasteiger partial charge in [0.15, 0.2) is 0 Å². The Hall–Kier alpha value is -0.220. The summed E-state index contributed by atoms with van der Waals surface area (Å²) in [6.45, 7) is 0. The largest absolute Gasteiger partial charge is 0.505 e. The fourth-order valence-corrected chi connectivity index (χ4v) is 3.72. The molecule has 1 heterocycles. The van der Waals surface area contributed by atoms with E-state index in [9.17, 15) is 17.2 Å². The Balaban J connectivity index is 3.65. The maximum Gasteiger partial charge on any atom is 0.281 e. The number of aromatic hydroxyl groups is 1. The van der Waals surface area contributed by atoms with Crippen LogP contribution in [0, 0.1) is 3.57 Å². The molecule has 0 fully saturated rings. The molecule has 0 saturated carbocycles. The molecule has 1 N–H and O–H groups in total. The van der Waals surface area contributed by atoms with Crippen LogP contribution >= 0.6 is 33.3 Å². The zero-order chi connectivity index (χ0) is 11.8. The SMILES string of the molecule is O=S(=O)(Cl)c1c(C(F)F)ncc(O)c1I. The van der Waals surface area contributed by atoms with E-state index in [4.69, 9.17) is 15.8 Å². The topological polar surface area (TPSA) is 67.3 Å². The van der Waals surface area contributed by atoms with Crippen molar-refractivity contribution in [3.8, 4) is 5.75 Å². The van der Waals surface area contributed by atoms with E-state index in [1.54, 1.807) is 0 Å². The van der Waals surface area contributed by atoms with Gasteiger partial charge in [0, 0.05) is 10.7 Å². The van der Waals surface area contributed by atoms with Gasteiger partial charge in [-0.05, 0) is 22.6 Å². The standard InChI is InChI=1S/C6H3ClF2INO3S/c7-15(13,14)5-3(10)2(12)1-11-4(5)6(8)9/h1,6,12H. The van der Waals surface area contributed by atoms with Crippen LogP contribution in [0.4, 0.5) is 8.78 Å². The highest BCUT2D eigenvalue weighted by Crippen LogP contribution is 2.34. The van der Waals surface area contributed by atoms with Gasteiger partial charge < -0.3 is 5.11 Å². The van der Waals surface area contributed by atoms with Crippen LogP contribution in [-0.4, -0.2) is 18.5 Å². The van der Waals surface area contributed by atoms with Gasteiger partial charge in [0.25, 0.3) is 15.5 Å². The maximum absolute atomic E-state index is 12.4. The number of hydrogen-bond donors (Lipinski definition) is 1. The monoisotopic (exact) mass is 369 g/mol. The fraction of sp³-hybridized carbons (Fsp3) is 0.167. The van der Waals surface area contributed by atoms with Crippen LogP contribution in [0.3, 0.4) is 0 Å². The van der Waals surface area contributed by atoms with Crippen molar-refractivity contribution in [2.75, 3.05) is 0 Å². The van der Waals surface area contributed by atoms with Gasteiger partial charge in [-0.3, -0.25) is 0 Å². The lowest BCUT2D eigenvalue weighted by atomic mass is 10.3. The number of alkyl halides is 2. The molecule has 0 aromatic carbocycles. The van der Waals surface area contributed by atoms with Crippen LogP contribution < -0.4 is 0 Å². The summed E-state index contributed by atoms with van der Waals surface area (Å²) in [7, 11) is 0.599. The zero-order valence-corrected chi connectivity index (χ0v) is 10.5. The van der Waals surface area contributed by atoms with E-state index in [1.165, 1.54) is 22.6 Å². The van der Waals surface area contributed by atoms with Crippen molar-refractivity contribution >= 4 is 42.3 Å². The first-order chi connectivity index (χ1) is 6.75. The van der Waals surface area contributed by atoms with E-state index in [1.807, 2.05) is 0 Å². The molecule has 84 valence electrons. The van der Waals surface area contributed by atoms with Crippen LogP contribution in [0.25, 0.3) is 0 Å². The van der Waals surface area contributed by atoms with E-state index in [2.05, 4.69) is 4.98 Å².